The molecule has 0 radical (unpaired) electrons. The predicted molar refractivity (Wildman–Crippen MR) is 263 cm³/mol. The van der Waals surface area contributed by atoms with Gasteiger partial charge in [-0.2, -0.15) is 0 Å². The zero-order chi connectivity index (χ0) is 41.0. The van der Waals surface area contributed by atoms with E-state index in [2.05, 4.69) is 241 Å². The number of hydrogen-bond donors (Lipinski definition) is 0. The summed E-state index contributed by atoms with van der Waals surface area (Å²) in [4.78, 5) is 2.37. The van der Waals surface area contributed by atoms with Gasteiger partial charge in [-0.05, 0) is 120 Å². The summed E-state index contributed by atoms with van der Waals surface area (Å²) in [6, 6.07) is 85.4. The molecular formula is C60H39NO. The fourth-order valence-electron chi connectivity index (χ4n) is 9.44. The van der Waals surface area contributed by atoms with Crippen molar-refractivity contribution in [3.8, 4) is 44.5 Å². The molecule has 0 amide bonds. The van der Waals surface area contributed by atoms with E-state index >= 15 is 0 Å². The molecule has 12 aromatic rings. The molecule has 0 aliphatic heterocycles. The molecule has 2 heteroatoms. The minimum absolute atomic E-state index is 0.896. The van der Waals surface area contributed by atoms with Crippen LogP contribution in [0.1, 0.15) is 0 Å². The highest BCUT2D eigenvalue weighted by molar-refractivity contribution is 6.19. The number of furan rings is 1. The van der Waals surface area contributed by atoms with Crippen LogP contribution in [0.15, 0.2) is 241 Å². The molecular weight excluding hydrogens is 751 g/mol. The average molecular weight is 790 g/mol. The van der Waals surface area contributed by atoms with Crippen LogP contribution in [0.3, 0.4) is 0 Å². The Hall–Kier alpha value is -8.20. The first-order valence-corrected chi connectivity index (χ1v) is 21.2. The monoisotopic (exact) mass is 789 g/mol. The lowest BCUT2D eigenvalue weighted by molar-refractivity contribution is 0.673. The van der Waals surface area contributed by atoms with E-state index in [0.29, 0.717) is 0 Å². The van der Waals surface area contributed by atoms with E-state index in [1.807, 2.05) is 0 Å². The molecule has 0 fully saturated rings. The Morgan fingerprint density at radius 1 is 0.274 bits per heavy atom. The van der Waals surface area contributed by atoms with Gasteiger partial charge in [0.15, 0.2) is 0 Å². The summed E-state index contributed by atoms with van der Waals surface area (Å²) in [7, 11) is 0. The van der Waals surface area contributed by atoms with Crippen LogP contribution < -0.4 is 4.90 Å². The molecule has 0 saturated heterocycles. The topological polar surface area (TPSA) is 16.4 Å². The third-order valence-corrected chi connectivity index (χ3v) is 12.5. The number of anilines is 3. The smallest absolute Gasteiger partial charge is 0.143 e. The first kappa shape index (κ1) is 35.7. The molecule has 0 aliphatic carbocycles. The second-order valence-corrected chi connectivity index (χ2v) is 16.1. The molecule has 0 saturated carbocycles. The van der Waals surface area contributed by atoms with Gasteiger partial charge in [0.1, 0.15) is 11.2 Å². The Balaban J connectivity index is 0.938. The molecule has 0 atom stereocenters. The first-order chi connectivity index (χ1) is 30.7. The quantitative estimate of drug-likeness (QED) is 0.160. The van der Waals surface area contributed by atoms with Gasteiger partial charge in [0.25, 0.3) is 0 Å². The highest BCUT2D eigenvalue weighted by atomic mass is 16.3. The number of hydrogen-bond acceptors (Lipinski definition) is 2. The van der Waals surface area contributed by atoms with Crippen molar-refractivity contribution in [2.24, 2.45) is 0 Å². The summed E-state index contributed by atoms with van der Waals surface area (Å²) in [5, 5.41) is 9.58. The van der Waals surface area contributed by atoms with E-state index < -0.39 is 0 Å². The Morgan fingerprint density at radius 3 is 1.40 bits per heavy atom. The Kier molecular flexibility index (Phi) is 8.53. The van der Waals surface area contributed by atoms with E-state index in [1.165, 1.54) is 60.3 Å². The fourth-order valence-corrected chi connectivity index (χ4v) is 9.44. The molecule has 2 nitrogen and oxygen atoms in total. The summed E-state index contributed by atoms with van der Waals surface area (Å²) < 4.78 is 6.55. The van der Waals surface area contributed by atoms with Crippen molar-refractivity contribution < 1.29 is 4.42 Å². The SMILES string of the molecule is c1cc(-c2cccc3ccccc23)cc(N(c2ccc(-c3ccc(-c4cccc5ccccc45)cc3)cc2)c2ccc(-c3cccc4oc5c6ccccc6ccc5c34)cc2)c1. The fraction of sp³-hybridized carbons (Fsp3) is 0. The van der Waals surface area contributed by atoms with Gasteiger partial charge in [0, 0.05) is 33.2 Å². The maximum Gasteiger partial charge on any atom is 0.143 e. The molecule has 290 valence electrons. The maximum atomic E-state index is 6.55. The molecule has 1 aromatic heterocycles. The highest BCUT2D eigenvalue weighted by Crippen LogP contribution is 2.43. The molecule has 0 unspecified atom stereocenters. The zero-order valence-electron chi connectivity index (χ0n) is 33.9. The lowest BCUT2D eigenvalue weighted by Gasteiger charge is -2.26. The summed E-state index contributed by atoms with van der Waals surface area (Å²) in [5.74, 6) is 0. The van der Waals surface area contributed by atoms with Gasteiger partial charge in [-0.25, -0.2) is 0 Å². The van der Waals surface area contributed by atoms with Gasteiger partial charge in [0.2, 0.25) is 0 Å². The zero-order valence-corrected chi connectivity index (χ0v) is 33.9. The van der Waals surface area contributed by atoms with Crippen LogP contribution >= 0.6 is 0 Å². The van der Waals surface area contributed by atoms with Crippen molar-refractivity contribution in [3.63, 3.8) is 0 Å². The van der Waals surface area contributed by atoms with Crippen molar-refractivity contribution in [2.75, 3.05) is 4.90 Å². The molecule has 0 N–H and O–H groups in total. The van der Waals surface area contributed by atoms with Gasteiger partial charge < -0.3 is 9.32 Å². The van der Waals surface area contributed by atoms with Gasteiger partial charge in [-0.1, -0.05) is 188 Å². The standard InChI is InChI=1S/C60H39NO/c1-4-18-51-42(11-1)14-8-21-53(51)45-27-25-40(26-28-45)41-29-34-48(35-30-41)61(50-17-7-16-47(39-50)54-22-9-15-43-12-2-5-19-52(43)54)49-36-31-46(32-37-49)55-23-10-24-58-59(55)57-38-33-44-13-3-6-20-56(44)60(57)62-58/h1-39H. The van der Waals surface area contributed by atoms with Crippen LogP contribution in [-0.2, 0) is 0 Å². The lowest BCUT2D eigenvalue weighted by Crippen LogP contribution is -2.10. The first-order valence-electron chi connectivity index (χ1n) is 21.2. The maximum absolute atomic E-state index is 6.55. The van der Waals surface area contributed by atoms with Crippen LogP contribution in [0.2, 0.25) is 0 Å². The van der Waals surface area contributed by atoms with Crippen LogP contribution in [-0.4, -0.2) is 0 Å². The largest absolute Gasteiger partial charge is 0.455 e. The van der Waals surface area contributed by atoms with Crippen molar-refractivity contribution in [1.82, 2.24) is 0 Å². The highest BCUT2D eigenvalue weighted by Gasteiger charge is 2.18. The van der Waals surface area contributed by atoms with Gasteiger partial charge >= 0.3 is 0 Å². The van der Waals surface area contributed by atoms with Gasteiger partial charge in [0.05, 0.1) is 0 Å². The number of rotatable bonds is 7. The van der Waals surface area contributed by atoms with Gasteiger partial charge in [-0.15, -0.1) is 0 Å². The van der Waals surface area contributed by atoms with Crippen molar-refractivity contribution in [2.45, 2.75) is 0 Å². The van der Waals surface area contributed by atoms with E-state index in [0.717, 1.165) is 55.5 Å². The second kappa shape index (κ2) is 14.8. The minimum atomic E-state index is 0.896. The Bertz CT molecular complexity index is 3610. The molecule has 11 aromatic carbocycles. The van der Waals surface area contributed by atoms with Crippen LogP contribution in [0, 0.1) is 0 Å². The summed E-state index contributed by atoms with van der Waals surface area (Å²) in [6.45, 7) is 0. The number of fused-ring (bicyclic) bond motifs is 7. The van der Waals surface area contributed by atoms with Crippen molar-refractivity contribution >= 4 is 71.3 Å². The summed E-state index contributed by atoms with van der Waals surface area (Å²) in [5.41, 5.74) is 14.6. The van der Waals surface area contributed by atoms with Crippen LogP contribution in [0.4, 0.5) is 17.1 Å². The summed E-state index contributed by atoms with van der Waals surface area (Å²) in [6.07, 6.45) is 0. The number of benzene rings is 11. The third-order valence-electron chi connectivity index (χ3n) is 12.5. The predicted octanol–water partition coefficient (Wildman–Crippen LogP) is 17.2. The lowest BCUT2D eigenvalue weighted by atomic mass is 9.96. The van der Waals surface area contributed by atoms with Crippen LogP contribution in [0.5, 0.6) is 0 Å². The molecule has 0 bridgehead atoms. The van der Waals surface area contributed by atoms with Gasteiger partial charge in [-0.3, -0.25) is 0 Å². The Morgan fingerprint density at radius 2 is 0.742 bits per heavy atom. The molecule has 0 spiro atoms. The van der Waals surface area contributed by atoms with Crippen LogP contribution in [0.25, 0.3) is 98.8 Å². The normalized spacial score (nSPS) is 11.5. The molecule has 62 heavy (non-hydrogen) atoms. The Labute approximate surface area is 360 Å². The van der Waals surface area contributed by atoms with E-state index in [1.54, 1.807) is 0 Å². The second-order valence-electron chi connectivity index (χ2n) is 16.1. The van der Waals surface area contributed by atoms with E-state index in [-0.39, 0.29) is 0 Å². The molecule has 0 aliphatic rings. The molecule has 1 heterocycles. The average Bonchev–Trinajstić information content (AvgIpc) is 3.74. The van der Waals surface area contributed by atoms with E-state index in [4.69, 9.17) is 4.42 Å². The summed E-state index contributed by atoms with van der Waals surface area (Å²) >= 11 is 0. The number of nitrogens with zero attached hydrogens (tertiary/aromatic N) is 1. The van der Waals surface area contributed by atoms with Crippen molar-refractivity contribution in [1.29, 1.82) is 0 Å². The molecule has 12 rings (SSSR count). The van der Waals surface area contributed by atoms with Crippen molar-refractivity contribution in [3.05, 3.63) is 237 Å². The minimum Gasteiger partial charge on any atom is -0.455 e. The third kappa shape index (κ3) is 6.12. The van der Waals surface area contributed by atoms with E-state index in [9.17, 15) is 0 Å².